The van der Waals surface area contributed by atoms with Crippen molar-refractivity contribution in [3.05, 3.63) is 47.3 Å². The molecule has 10 nitrogen and oxygen atoms in total. The summed E-state index contributed by atoms with van der Waals surface area (Å²) in [4.78, 5) is 24.4. The highest BCUT2D eigenvalue weighted by molar-refractivity contribution is 7.86. The maximum atomic E-state index is 12.8. The van der Waals surface area contributed by atoms with E-state index >= 15 is 0 Å². The molecule has 2 aliphatic rings. The number of carbonyl (C=O) groups excluding carboxylic acids is 1. The fourth-order valence-electron chi connectivity index (χ4n) is 4.31. The third kappa shape index (κ3) is 4.75. The van der Waals surface area contributed by atoms with Crippen molar-refractivity contribution < 1.29 is 13.2 Å². The summed E-state index contributed by atoms with van der Waals surface area (Å²) < 4.78 is 27.4. The lowest BCUT2D eigenvalue weighted by Gasteiger charge is -2.35. The van der Waals surface area contributed by atoms with Crippen LogP contribution in [0.1, 0.15) is 66.7 Å². The Balaban J connectivity index is 1.68. The highest BCUT2D eigenvalue weighted by atomic mass is 32.2. The normalized spacial score (nSPS) is 21.0. The molecule has 2 aromatic heterocycles. The fourth-order valence-corrected chi connectivity index (χ4v) is 5.52. The summed E-state index contributed by atoms with van der Waals surface area (Å²) in [5, 5.41) is 11.9. The molecule has 4 rings (SSSR count). The molecule has 1 amide bonds. The van der Waals surface area contributed by atoms with Gasteiger partial charge in [-0.15, -0.1) is 0 Å². The number of rotatable bonds is 4. The van der Waals surface area contributed by atoms with Crippen molar-refractivity contribution in [2.24, 2.45) is 5.41 Å². The number of amides is 1. The maximum absolute atomic E-state index is 12.8. The van der Waals surface area contributed by atoms with Gasteiger partial charge in [-0.2, -0.15) is 22.3 Å². The molecule has 11 heteroatoms. The van der Waals surface area contributed by atoms with Crippen LogP contribution < -0.4 is 5.32 Å². The van der Waals surface area contributed by atoms with Crippen molar-refractivity contribution in [3.8, 4) is 6.07 Å². The Kier molecular flexibility index (Phi) is 6.33. The number of hydrogen-bond acceptors (Lipinski definition) is 6. The van der Waals surface area contributed by atoms with Gasteiger partial charge in [-0.25, -0.2) is 4.98 Å². The summed E-state index contributed by atoms with van der Waals surface area (Å²) in [5.41, 5.74) is 3.41. The highest BCUT2D eigenvalue weighted by Gasteiger charge is 2.35. The van der Waals surface area contributed by atoms with Gasteiger partial charge in [-0.1, -0.05) is 19.9 Å². The Bertz CT molecular complexity index is 1270. The number of nitrogens with one attached hydrogen (secondary N) is 2. The predicted molar refractivity (Wildman–Crippen MR) is 128 cm³/mol. The van der Waals surface area contributed by atoms with Crippen LogP contribution in [0.4, 0.5) is 5.69 Å². The molecule has 3 heterocycles. The van der Waals surface area contributed by atoms with Crippen molar-refractivity contribution in [1.29, 1.82) is 5.26 Å². The number of aromatic amines is 1. The maximum Gasteiger partial charge on any atom is 0.291 e. The van der Waals surface area contributed by atoms with Crippen molar-refractivity contribution in [2.45, 2.75) is 39.0 Å². The lowest BCUT2D eigenvalue weighted by Crippen LogP contribution is -2.49. The summed E-state index contributed by atoms with van der Waals surface area (Å²) in [6.45, 7) is 5.12. The van der Waals surface area contributed by atoms with Crippen LogP contribution in [0.5, 0.6) is 0 Å². The van der Waals surface area contributed by atoms with E-state index in [9.17, 15) is 13.2 Å². The number of hydrogen-bond donors (Lipinski definition) is 2. The van der Waals surface area contributed by atoms with Crippen LogP contribution in [-0.4, -0.2) is 65.1 Å². The van der Waals surface area contributed by atoms with E-state index in [1.807, 2.05) is 18.2 Å². The largest absolute Gasteiger partial charge is 0.339 e. The SMILES string of the molecule is CN1CC(c2ccc(NC(=O)c3nc(C#N)c[nH]3)c(C3=CCC(C)(C)CC3)n2)CN(C)S1(=O)=O. The van der Waals surface area contributed by atoms with Gasteiger partial charge in [0, 0.05) is 45.0 Å². The van der Waals surface area contributed by atoms with Gasteiger partial charge < -0.3 is 10.3 Å². The molecule has 1 fully saturated rings. The van der Waals surface area contributed by atoms with Crippen LogP contribution in [0.25, 0.3) is 5.57 Å². The van der Waals surface area contributed by atoms with Gasteiger partial charge in [0.2, 0.25) is 0 Å². The molecule has 0 atom stereocenters. The molecule has 34 heavy (non-hydrogen) atoms. The van der Waals surface area contributed by atoms with Crippen LogP contribution in [0.3, 0.4) is 0 Å². The minimum Gasteiger partial charge on any atom is -0.339 e. The number of nitrogens with zero attached hydrogens (tertiary/aromatic N) is 5. The molecule has 2 N–H and O–H groups in total. The molecule has 2 aromatic rings. The number of nitriles is 1. The van der Waals surface area contributed by atoms with Crippen LogP contribution in [0.2, 0.25) is 0 Å². The third-order valence-corrected chi connectivity index (χ3v) is 8.38. The average Bonchev–Trinajstić information content (AvgIpc) is 3.27. The number of allylic oxidation sites excluding steroid dienone is 2. The van der Waals surface area contributed by atoms with Gasteiger partial charge in [0.1, 0.15) is 6.07 Å². The van der Waals surface area contributed by atoms with Crippen molar-refractivity contribution in [2.75, 3.05) is 32.5 Å². The second-order valence-electron chi connectivity index (χ2n) is 9.70. The molecule has 0 aromatic carbocycles. The number of aromatic nitrogens is 3. The van der Waals surface area contributed by atoms with E-state index in [4.69, 9.17) is 10.2 Å². The zero-order chi connectivity index (χ0) is 24.7. The average molecular weight is 484 g/mol. The molecule has 0 spiro atoms. The van der Waals surface area contributed by atoms with Crippen molar-refractivity contribution >= 4 is 27.4 Å². The van der Waals surface area contributed by atoms with E-state index < -0.39 is 16.1 Å². The van der Waals surface area contributed by atoms with Crippen molar-refractivity contribution in [3.63, 3.8) is 0 Å². The molecular formula is C23H29N7O3S. The monoisotopic (exact) mass is 483 g/mol. The van der Waals surface area contributed by atoms with Crippen LogP contribution in [0.15, 0.2) is 24.4 Å². The Morgan fingerprint density at radius 3 is 2.53 bits per heavy atom. The predicted octanol–water partition coefficient (Wildman–Crippen LogP) is 2.73. The first-order chi connectivity index (χ1) is 16.0. The number of likely N-dealkylation sites (N-methyl/N-ethyl adjacent to an activating group) is 2. The second-order valence-corrected chi connectivity index (χ2v) is 11.8. The smallest absolute Gasteiger partial charge is 0.291 e. The highest BCUT2D eigenvalue weighted by Crippen LogP contribution is 2.40. The van der Waals surface area contributed by atoms with Crippen LogP contribution >= 0.6 is 0 Å². The Hall–Kier alpha value is -3.07. The van der Waals surface area contributed by atoms with E-state index in [0.29, 0.717) is 24.5 Å². The van der Waals surface area contributed by atoms with Gasteiger partial charge in [-0.3, -0.25) is 9.78 Å². The lowest BCUT2D eigenvalue weighted by molar-refractivity contribution is 0.101. The zero-order valence-electron chi connectivity index (χ0n) is 19.8. The summed E-state index contributed by atoms with van der Waals surface area (Å²) in [5.74, 6) is -0.519. The molecule has 1 aliphatic carbocycles. The summed E-state index contributed by atoms with van der Waals surface area (Å²) in [6.07, 6.45) is 6.28. The van der Waals surface area contributed by atoms with E-state index in [-0.39, 0.29) is 22.9 Å². The fraction of sp³-hybridized carbons (Fsp3) is 0.478. The van der Waals surface area contributed by atoms with Gasteiger partial charge >= 0.3 is 0 Å². The Morgan fingerprint density at radius 2 is 1.94 bits per heavy atom. The third-order valence-electron chi connectivity index (χ3n) is 6.51. The Labute approximate surface area is 199 Å². The number of imidazole rings is 1. The minimum atomic E-state index is -3.44. The second kappa shape index (κ2) is 8.94. The number of pyridine rings is 1. The van der Waals surface area contributed by atoms with E-state index in [0.717, 1.165) is 30.5 Å². The first-order valence-electron chi connectivity index (χ1n) is 11.1. The molecule has 1 saturated heterocycles. The number of H-pyrrole nitrogens is 1. The molecular weight excluding hydrogens is 454 g/mol. The molecule has 0 saturated carbocycles. The number of anilines is 1. The molecule has 1 aliphatic heterocycles. The summed E-state index contributed by atoms with van der Waals surface area (Å²) >= 11 is 0. The van der Waals surface area contributed by atoms with E-state index in [2.05, 4.69) is 35.2 Å². The van der Waals surface area contributed by atoms with E-state index in [1.54, 1.807) is 14.1 Å². The van der Waals surface area contributed by atoms with Crippen LogP contribution in [0, 0.1) is 16.7 Å². The summed E-state index contributed by atoms with van der Waals surface area (Å²) in [6, 6.07) is 5.54. The Morgan fingerprint density at radius 1 is 1.24 bits per heavy atom. The van der Waals surface area contributed by atoms with Crippen LogP contribution in [-0.2, 0) is 10.2 Å². The zero-order valence-corrected chi connectivity index (χ0v) is 20.6. The summed E-state index contributed by atoms with van der Waals surface area (Å²) in [7, 11) is -0.307. The van der Waals surface area contributed by atoms with E-state index in [1.165, 1.54) is 14.8 Å². The lowest BCUT2D eigenvalue weighted by atomic mass is 9.77. The topological polar surface area (TPSA) is 135 Å². The first kappa shape index (κ1) is 24.1. The molecule has 180 valence electrons. The standard InChI is InChI=1S/C23H29N7O3S/c1-23(2)9-7-15(8-10-23)20-19(28-22(31)21-25-12-17(11-24)26-21)6-5-18(27-20)16-13-29(3)34(32,33)30(4)14-16/h5-7,12,16H,8-10,13-14H2,1-4H3,(H,25,26)(H,28,31). The van der Waals surface area contributed by atoms with Gasteiger partial charge in [0.25, 0.3) is 16.1 Å². The van der Waals surface area contributed by atoms with Gasteiger partial charge in [0.05, 0.1) is 11.4 Å². The number of carbonyl (C=O) groups is 1. The molecule has 0 radical (unpaired) electrons. The molecule has 0 bridgehead atoms. The van der Waals surface area contributed by atoms with Gasteiger partial charge in [-0.05, 0) is 42.4 Å². The van der Waals surface area contributed by atoms with Crippen molar-refractivity contribution in [1.82, 2.24) is 23.6 Å². The van der Waals surface area contributed by atoms with Gasteiger partial charge in [0.15, 0.2) is 11.5 Å². The molecule has 0 unspecified atom stereocenters. The quantitative estimate of drug-likeness (QED) is 0.686. The minimum absolute atomic E-state index is 0.0473. The first-order valence-corrected chi connectivity index (χ1v) is 12.5.